The molecule has 0 spiro atoms. The van der Waals surface area contributed by atoms with Gasteiger partial charge in [-0.25, -0.2) is 0 Å². The highest BCUT2D eigenvalue weighted by Crippen LogP contribution is 2.46. The molecular weight excluding hydrogens is 324 g/mol. The van der Waals surface area contributed by atoms with E-state index < -0.39 is 6.23 Å². The first-order valence-electron chi connectivity index (χ1n) is 10.6. The second-order valence-corrected chi connectivity index (χ2v) is 8.67. The number of hydrogen-bond acceptors (Lipinski definition) is 4. The van der Waals surface area contributed by atoms with E-state index in [4.69, 9.17) is 4.74 Å². The van der Waals surface area contributed by atoms with Crippen molar-refractivity contribution < 1.29 is 9.84 Å². The van der Waals surface area contributed by atoms with Crippen LogP contribution in [0.5, 0.6) is 5.75 Å². The maximum absolute atomic E-state index is 10.4. The van der Waals surface area contributed by atoms with Gasteiger partial charge in [0.15, 0.2) is 0 Å². The van der Waals surface area contributed by atoms with Crippen molar-refractivity contribution in [1.82, 2.24) is 0 Å². The van der Waals surface area contributed by atoms with Crippen LogP contribution in [0.2, 0.25) is 0 Å². The molecule has 3 aliphatic carbocycles. The van der Waals surface area contributed by atoms with Gasteiger partial charge in [-0.1, -0.05) is 38.5 Å². The molecular formula is C22H34N2O2. The van der Waals surface area contributed by atoms with Gasteiger partial charge in [0.05, 0.1) is 24.5 Å². The van der Waals surface area contributed by atoms with Gasteiger partial charge in [-0.15, -0.1) is 0 Å². The van der Waals surface area contributed by atoms with Gasteiger partial charge in [0.25, 0.3) is 0 Å². The van der Waals surface area contributed by atoms with Crippen molar-refractivity contribution in [2.75, 3.05) is 17.7 Å². The summed E-state index contributed by atoms with van der Waals surface area (Å²) in [6.45, 7) is 0. The molecule has 0 aromatic heterocycles. The molecule has 1 aromatic rings. The molecule has 2 bridgehead atoms. The highest BCUT2D eigenvalue weighted by Gasteiger charge is 2.34. The molecule has 1 aromatic carbocycles. The van der Waals surface area contributed by atoms with Crippen LogP contribution in [-0.4, -0.2) is 24.5 Å². The van der Waals surface area contributed by atoms with Crippen molar-refractivity contribution in [1.29, 1.82) is 0 Å². The van der Waals surface area contributed by atoms with Gasteiger partial charge in [0.2, 0.25) is 0 Å². The van der Waals surface area contributed by atoms with E-state index in [1.165, 1.54) is 57.8 Å². The van der Waals surface area contributed by atoms with Crippen molar-refractivity contribution in [3.05, 3.63) is 18.2 Å². The summed E-state index contributed by atoms with van der Waals surface area (Å²) in [5, 5.41) is 17.1. The molecule has 3 fully saturated rings. The topological polar surface area (TPSA) is 53.5 Å². The lowest BCUT2D eigenvalue weighted by Crippen LogP contribution is -2.42. The summed E-state index contributed by atoms with van der Waals surface area (Å²) in [5.74, 6) is 3.92. The van der Waals surface area contributed by atoms with E-state index in [0.717, 1.165) is 41.3 Å². The number of hydrogen-bond donors (Lipinski definition) is 3. The molecule has 3 saturated carbocycles. The summed E-state index contributed by atoms with van der Waals surface area (Å²) in [4.78, 5) is 0. The lowest BCUT2D eigenvalue weighted by atomic mass is 9.63. The van der Waals surface area contributed by atoms with Crippen LogP contribution in [-0.2, 0) is 0 Å². The number of nitrogens with one attached hydrogen (secondary N) is 2. The van der Waals surface area contributed by atoms with Crippen molar-refractivity contribution in [2.24, 2.45) is 17.8 Å². The molecule has 1 heterocycles. The predicted octanol–water partition coefficient (Wildman–Crippen LogP) is 5.00. The molecule has 0 radical (unpaired) electrons. The SMILES string of the molecule is COc1ccc2c(c1)NC(O)C(CCCCC[C@H]1CC3CCC1CC3)N2. The number of benzene rings is 1. The number of rotatable bonds is 7. The summed E-state index contributed by atoms with van der Waals surface area (Å²) in [5.41, 5.74) is 1.97. The fourth-order valence-electron chi connectivity index (χ4n) is 5.48. The van der Waals surface area contributed by atoms with Gasteiger partial charge in [-0.2, -0.15) is 0 Å². The summed E-state index contributed by atoms with van der Waals surface area (Å²) >= 11 is 0. The molecule has 144 valence electrons. The number of anilines is 2. The summed E-state index contributed by atoms with van der Waals surface area (Å²) in [6.07, 6.45) is 13.3. The number of ether oxygens (including phenoxy) is 1. The molecule has 4 aliphatic rings. The van der Waals surface area contributed by atoms with Crippen molar-refractivity contribution in [3.8, 4) is 5.75 Å². The molecule has 2 unspecified atom stereocenters. The molecule has 0 saturated heterocycles. The minimum atomic E-state index is -0.538. The fourth-order valence-corrected chi connectivity index (χ4v) is 5.48. The number of unbranched alkanes of at least 4 members (excludes halogenated alkanes) is 2. The third-order valence-electron chi connectivity index (χ3n) is 7.04. The predicted molar refractivity (Wildman–Crippen MR) is 107 cm³/mol. The van der Waals surface area contributed by atoms with Crippen LogP contribution < -0.4 is 15.4 Å². The normalized spacial score (nSPS) is 32.5. The summed E-state index contributed by atoms with van der Waals surface area (Å²) in [6, 6.07) is 6.00. The van der Waals surface area contributed by atoms with E-state index in [9.17, 15) is 5.11 Å². The average molecular weight is 359 g/mol. The Morgan fingerprint density at radius 1 is 1.00 bits per heavy atom. The van der Waals surface area contributed by atoms with Crippen molar-refractivity contribution >= 4 is 11.4 Å². The van der Waals surface area contributed by atoms with Gasteiger partial charge in [0.1, 0.15) is 12.0 Å². The minimum absolute atomic E-state index is 0.0848. The van der Waals surface area contributed by atoms with E-state index >= 15 is 0 Å². The molecule has 4 nitrogen and oxygen atoms in total. The molecule has 5 rings (SSSR count). The van der Waals surface area contributed by atoms with Gasteiger partial charge in [0, 0.05) is 6.07 Å². The fraction of sp³-hybridized carbons (Fsp3) is 0.727. The van der Waals surface area contributed by atoms with Crippen LogP contribution in [0.3, 0.4) is 0 Å². The van der Waals surface area contributed by atoms with Gasteiger partial charge < -0.3 is 20.5 Å². The molecule has 1 aliphatic heterocycles. The van der Waals surface area contributed by atoms with Crippen LogP contribution >= 0.6 is 0 Å². The molecule has 3 N–H and O–H groups in total. The largest absolute Gasteiger partial charge is 0.497 e. The van der Waals surface area contributed by atoms with Crippen LogP contribution in [0.25, 0.3) is 0 Å². The molecule has 4 heteroatoms. The zero-order valence-corrected chi connectivity index (χ0v) is 16.0. The lowest BCUT2D eigenvalue weighted by molar-refractivity contribution is 0.0908. The Labute approximate surface area is 157 Å². The standard InChI is InChI=1S/C22H34N2O2/c1-26-18-11-12-19-21(14-18)24-22(25)20(23-19)6-4-2-3-5-17-13-15-7-9-16(17)10-8-15/h11-12,14-17,20,22-25H,2-10,13H2,1H3/t15?,16?,17-,20?,22?/m0/s1. The van der Waals surface area contributed by atoms with Crippen LogP contribution in [0, 0.1) is 17.8 Å². The Balaban J connectivity index is 1.19. The maximum Gasteiger partial charge on any atom is 0.144 e. The highest BCUT2D eigenvalue weighted by atomic mass is 16.5. The van der Waals surface area contributed by atoms with E-state index in [1.54, 1.807) is 7.11 Å². The number of aliphatic hydroxyl groups is 1. The lowest BCUT2D eigenvalue weighted by Gasteiger charge is -2.42. The van der Waals surface area contributed by atoms with Gasteiger partial charge >= 0.3 is 0 Å². The number of aliphatic hydroxyl groups excluding tert-OH is 1. The third-order valence-corrected chi connectivity index (χ3v) is 7.04. The van der Waals surface area contributed by atoms with Crippen LogP contribution in [0.1, 0.15) is 64.2 Å². The second-order valence-electron chi connectivity index (χ2n) is 8.67. The summed E-state index contributed by atoms with van der Waals surface area (Å²) in [7, 11) is 1.66. The Bertz CT molecular complexity index is 598. The molecule has 3 atom stereocenters. The van der Waals surface area contributed by atoms with Gasteiger partial charge in [-0.3, -0.25) is 0 Å². The van der Waals surface area contributed by atoms with E-state index in [1.807, 2.05) is 18.2 Å². The highest BCUT2D eigenvalue weighted by molar-refractivity contribution is 5.73. The van der Waals surface area contributed by atoms with E-state index in [-0.39, 0.29) is 6.04 Å². The zero-order valence-electron chi connectivity index (χ0n) is 16.0. The Kier molecular flexibility index (Phi) is 5.58. The number of methoxy groups -OCH3 is 1. The first-order chi connectivity index (χ1) is 12.7. The van der Waals surface area contributed by atoms with E-state index in [2.05, 4.69) is 10.6 Å². The number of fused-ring (bicyclic) bond motifs is 4. The monoisotopic (exact) mass is 358 g/mol. The summed E-state index contributed by atoms with van der Waals surface area (Å²) < 4.78 is 5.25. The Hall–Kier alpha value is -1.42. The first-order valence-corrected chi connectivity index (χ1v) is 10.6. The van der Waals surface area contributed by atoms with Crippen molar-refractivity contribution in [2.45, 2.75) is 76.5 Å². The van der Waals surface area contributed by atoms with Crippen LogP contribution in [0.4, 0.5) is 11.4 Å². The molecule has 0 amide bonds. The van der Waals surface area contributed by atoms with Crippen molar-refractivity contribution in [3.63, 3.8) is 0 Å². The zero-order chi connectivity index (χ0) is 17.9. The Morgan fingerprint density at radius 3 is 2.54 bits per heavy atom. The van der Waals surface area contributed by atoms with Gasteiger partial charge in [-0.05, 0) is 55.6 Å². The maximum atomic E-state index is 10.4. The quantitative estimate of drug-likeness (QED) is 0.601. The second kappa shape index (κ2) is 8.08. The first kappa shape index (κ1) is 18.0. The minimum Gasteiger partial charge on any atom is -0.497 e. The van der Waals surface area contributed by atoms with Crippen LogP contribution in [0.15, 0.2) is 18.2 Å². The Morgan fingerprint density at radius 2 is 1.81 bits per heavy atom. The smallest absolute Gasteiger partial charge is 0.144 e. The third kappa shape index (κ3) is 3.95. The molecule has 26 heavy (non-hydrogen) atoms. The average Bonchev–Trinajstić information content (AvgIpc) is 2.68. The van der Waals surface area contributed by atoms with E-state index in [0.29, 0.717) is 0 Å².